The van der Waals surface area contributed by atoms with Crippen molar-refractivity contribution >= 4 is 11.9 Å². The van der Waals surface area contributed by atoms with Crippen LogP contribution in [0.15, 0.2) is 0 Å². The molecule has 0 aromatic carbocycles. The van der Waals surface area contributed by atoms with Gasteiger partial charge >= 0.3 is 0 Å². The van der Waals surface area contributed by atoms with Crippen LogP contribution in [0.5, 0.6) is 0 Å². The van der Waals surface area contributed by atoms with Crippen molar-refractivity contribution in [1.82, 2.24) is 15.2 Å². The molecule has 1 saturated carbocycles. The Bertz CT molecular complexity index is 477. The molecular formula is C14H23N5O. The van der Waals surface area contributed by atoms with E-state index < -0.39 is 0 Å². The maximum atomic E-state index is 11.3. The highest BCUT2D eigenvalue weighted by Crippen LogP contribution is 2.25. The maximum absolute atomic E-state index is 11.3. The first-order chi connectivity index (χ1) is 9.63. The minimum atomic E-state index is -0.203. The molecule has 2 rings (SSSR count). The van der Waals surface area contributed by atoms with Gasteiger partial charge in [0.25, 0.3) is 0 Å². The van der Waals surface area contributed by atoms with Crippen molar-refractivity contribution in [3.8, 4) is 0 Å². The predicted octanol–water partition coefficient (Wildman–Crippen LogP) is 1.45. The molecule has 0 bridgehead atoms. The summed E-state index contributed by atoms with van der Waals surface area (Å²) in [5, 5.41) is 11.7. The third-order valence-corrected chi connectivity index (χ3v) is 3.92. The summed E-state index contributed by atoms with van der Waals surface area (Å²) in [5.74, 6) is 0.329. The van der Waals surface area contributed by atoms with Crippen molar-refractivity contribution in [2.24, 2.45) is 11.7 Å². The monoisotopic (exact) mass is 277 g/mol. The molecule has 1 aliphatic rings. The van der Waals surface area contributed by atoms with E-state index in [1.807, 2.05) is 0 Å². The first kappa shape index (κ1) is 14.7. The van der Waals surface area contributed by atoms with E-state index in [-0.39, 0.29) is 17.9 Å². The summed E-state index contributed by atoms with van der Waals surface area (Å²) in [5.41, 5.74) is 7.34. The number of nitrogens with zero attached hydrogens (tertiary/aromatic N) is 3. The minimum Gasteiger partial charge on any atom is -0.369 e. The second kappa shape index (κ2) is 6.63. The molecule has 6 heteroatoms. The molecular weight excluding hydrogens is 254 g/mol. The number of carbonyl (C=O) groups excluding carboxylic acids is 1. The van der Waals surface area contributed by atoms with Crippen molar-refractivity contribution < 1.29 is 4.79 Å². The number of amides is 1. The van der Waals surface area contributed by atoms with E-state index in [1.54, 1.807) is 0 Å². The molecule has 2 unspecified atom stereocenters. The summed E-state index contributed by atoms with van der Waals surface area (Å²) in [6, 6.07) is 0.209. The van der Waals surface area contributed by atoms with Gasteiger partial charge in [0, 0.05) is 12.0 Å². The summed E-state index contributed by atoms with van der Waals surface area (Å²) in [6.07, 6.45) is 5.37. The van der Waals surface area contributed by atoms with Crippen molar-refractivity contribution in [3.63, 3.8) is 0 Å². The Morgan fingerprint density at radius 2 is 2.00 bits per heavy atom. The van der Waals surface area contributed by atoms with E-state index in [2.05, 4.69) is 34.3 Å². The van der Waals surface area contributed by atoms with Gasteiger partial charge in [-0.2, -0.15) is 5.10 Å². The third-order valence-electron chi connectivity index (χ3n) is 3.92. The number of aryl methyl sites for hydroxylation is 2. The molecule has 0 aliphatic heterocycles. The Labute approximate surface area is 119 Å². The van der Waals surface area contributed by atoms with Crippen molar-refractivity contribution in [3.05, 3.63) is 11.4 Å². The minimum absolute atomic E-state index is 0.0326. The van der Waals surface area contributed by atoms with Gasteiger partial charge in [-0.05, 0) is 32.1 Å². The summed E-state index contributed by atoms with van der Waals surface area (Å²) in [7, 11) is 0. The zero-order valence-corrected chi connectivity index (χ0v) is 12.2. The lowest BCUT2D eigenvalue weighted by Crippen LogP contribution is -2.34. The summed E-state index contributed by atoms with van der Waals surface area (Å²) in [4.78, 5) is 15.8. The molecule has 1 amide bonds. The molecule has 1 aromatic rings. The van der Waals surface area contributed by atoms with E-state index in [4.69, 9.17) is 5.73 Å². The summed E-state index contributed by atoms with van der Waals surface area (Å²) < 4.78 is 0. The summed E-state index contributed by atoms with van der Waals surface area (Å²) in [6.45, 7) is 4.12. The van der Waals surface area contributed by atoms with Gasteiger partial charge in [-0.1, -0.05) is 20.3 Å². The van der Waals surface area contributed by atoms with Gasteiger partial charge in [0.2, 0.25) is 11.9 Å². The highest BCUT2D eigenvalue weighted by Gasteiger charge is 2.26. The number of hydrogen-bond donors (Lipinski definition) is 2. The molecule has 2 atom stereocenters. The fourth-order valence-electron chi connectivity index (χ4n) is 2.76. The fourth-order valence-corrected chi connectivity index (χ4v) is 2.76. The topological polar surface area (TPSA) is 93.8 Å². The lowest BCUT2D eigenvalue weighted by Gasteiger charge is -2.27. The molecule has 1 aliphatic carbocycles. The second-order valence-corrected chi connectivity index (χ2v) is 5.34. The van der Waals surface area contributed by atoms with Gasteiger partial charge in [-0.3, -0.25) is 4.79 Å². The molecule has 1 fully saturated rings. The van der Waals surface area contributed by atoms with Gasteiger partial charge in [0.05, 0.1) is 11.4 Å². The van der Waals surface area contributed by atoms with Gasteiger partial charge in [-0.15, -0.1) is 5.10 Å². The largest absolute Gasteiger partial charge is 0.369 e. The van der Waals surface area contributed by atoms with Crippen LogP contribution in [-0.2, 0) is 17.6 Å². The van der Waals surface area contributed by atoms with Crippen molar-refractivity contribution in [2.75, 3.05) is 5.32 Å². The van der Waals surface area contributed by atoms with E-state index in [0.29, 0.717) is 5.95 Å². The molecule has 6 nitrogen and oxygen atoms in total. The molecule has 110 valence electrons. The van der Waals surface area contributed by atoms with Crippen LogP contribution in [0.2, 0.25) is 0 Å². The van der Waals surface area contributed by atoms with Crippen LogP contribution in [0.3, 0.4) is 0 Å². The average Bonchev–Trinajstić information content (AvgIpc) is 2.47. The highest BCUT2D eigenvalue weighted by molar-refractivity contribution is 5.76. The van der Waals surface area contributed by atoms with Crippen LogP contribution in [0.4, 0.5) is 5.95 Å². The average molecular weight is 277 g/mol. The lowest BCUT2D eigenvalue weighted by atomic mass is 9.85. The molecule has 1 aromatic heterocycles. The smallest absolute Gasteiger partial charge is 0.243 e. The number of hydrogen-bond acceptors (Lipinski definition) is 5. The summed E-state index contributed by atoms with van der Waals surface area (Å²) >= 11 is 0. The number of anilines is 1. The highest BCUT2D eigenvalue weighted by atomic mass is 16.1. The Balaban J connectivity index is 2.04. The SMILES string of the molecule is CCc1nnc(NC2CCCC(C(N)=O)C2)nc1CC. The van der Waals surface area contributed by atoms with Gasteiger partial charge in [0.1, 0.15) is 0 Å². The van der Waals surface area contributed by atoms with Crippen molar-refractivity contribution in [2.45, 2.75) is 58.4 Å². The van der Waals surface area contributed by atoms with E-state index >= 15 is 0 Å². The molecule has 0 spiro atoms. The molecule has 0 radical (unpaired) electrons. The lowest BCUT2D eigenvalue weighted by molar-refractivity contribution is -0.122. The van der Waals surface area contributed by atoms with E-state index in [1.165, 1.54) is 0 Å². The number of rotatable bonds is 5. The number of nitrogens with two attached hydrogens (primary N) is 1. The number of aromatic nitrogens is 3. The molecule has 20 heavy (non-hydrogen) atoms. The third kappa shape index (κ3) is 3.43. The molecule has 0 saturated heterocycles. The Morgan fingerprint density at radius 1 is 1.25 bits per heavy atom. The van der Waals surface area contributed by atoms with Crippen LogP contribution < -0.4 is 11.1 Å². The zero-order chi connectivity index (χ0) is 14.5. The standard InChI is InChI=1S/C14H23N5O/c1-3-11-12(4-2)18-19-14(17-11)16-10-7-5-6-9(8-10)13(15)20/h9-10H,3-8H2,1-2H3,(H2,15,20)(H,16,17,19). The Kier molecular flexibility index (Phi) is 4.87. The molecule has 3 N–H and O–H groups in total. The van der Waals surface area contributed by atoms with Gasteiger partial charge in [0.15, 0.2) is 0 Å². The van der Waals surface area contributed by atoms with Crippen LogP contribution >= 0.6 is 0 Å². The Morgan fingerprint density at radius 3 is 2.65 bits per heavy atom. The van der Waals surface area contributed by atoms with Crippen LogP contribution in [0, 0.1) is 5.92 Å². The maximum Gasteiger partial charge on any atom is 0.243 e. The fraction of sp³-hybridized carbons (Fsp3) is 0.714. The van der Waals surface area contributed by atoms with E-state index in [9.17, 15) is 4.79 Å². The van der Waals surface area contributed by atoms with Crippen LogP contribution in [-0.4, -0.2) is 27.1 Å². The van der Waals surface area contributed by atoms with Gasteiger partial charge < -0.3 is 11.1 Å². The number of primary amides is 1. The van der Waals surface area contributed by atoms with E-state index in [0.717, 1.165) is 49.9 Å². The Hall–Kier alpha value is -1.72. The quantitative estimate of drug-likeness (QED) is 0.849. The zero-order valence-electron chi connectivity index (χ0n) is 12.2. The van der Waals surface area contributed by atoms with Crippen LogP contribution in [0.1, 0.15) is 50.9 Å². The van der Waals surface area contributed by atoms with Crippen molar-refractivity contribution in [1.29, 1.82) is 0 Å². The first-order valence-corrected chi connectivity index (χ1v) is 7.42. The number of nitrogens with one attached hydrogen (secondary N) is 1. The van der Waals surface area contributed by atoms with Crippen LogP contribution in [0.25, 0.3) is 0 Å². The first-order valence-electron chi connectivity index (χ1n) is 7.42. The van der Waals surface area contributed by atoms with Gasteiger partial charge in [-0.25, -0.2) is 4.98 Å². The predicted molar refractivity (Wildman–Crippen MR) is 77.1 cm³/mol. The molecule has 1 heterocycles. The second-order valence-electron chi connectivity index (χ2n) is 5.34. The number of carbonyl (C=O) groups is 1. The normalized spacial score (nSPS) is 22.5.